The molecule has 12 heteroatoms. The maximum absolute atomic E-state index is 15.3. The van der Waals surface area contributed by atoms with Crippen LogP contribution in [0.5, 0.6) is 0 Å². The van der Waals surface area contributed by atoms with Gasteiger partial charge in [-0.3, -0.25) is 14.5 Å². The number of carbonyl (C=O) groups excluding carboxylic acids is 2. The standard InChI is InChI=1S/C24H23F4N3O3S.CH5N/c1-13-5-6-15(10-17(13)24(26,27)28)30-21(33)23(2,3)31(22(30)35)19-11-16-14(9-18(19)25)12-29(20(16)32)7-8-34-4;1-2/h5-6,9-11H,7-8,12H2,1-4H3;2H2,1H3. The number of hydrogen-bond donors (Lipinski definition) is 1. The Labute approximate surface area is 217 Å². The Kier molecular flexibility index (Phi) is 7.96. The lowest BCUT2D eigenvalue weighted by atomic mass is 10.0. The van der Waals surface area contributed by atoms with Crippen molar-refractivity contribution in [2.45, 2.75) is 39.0 Å². The van der Waals surface area contributed by atoms with Gasteiger partial charge in [0.05, 0.1) is 23.5 Å². The molecule has 0 aliphatic carbocycles. The monoisotopic (exact) mass is 540 g/mol. The number of nitrogens with two attached hydrogens (primary N) is 1. The van der Waals surface area contributed by atoms with Gasteiger partial charge in [0.25, 0.3) is 11.8 Å². The largest absolute Gasteiger partial charge is 0.416 e. The molecule has 2 N–H and O–H groups in total. The molecule has 2 aromatic carbocycles. The summed E-state index contributed by atoms with van der Waals surface area (Å²) in [5, 5.41) is -0.183. The van der Waals surface area contributed by atoms with Crippen molar-refractivity contribution in [3.05, 3.63) is 58.4 Å². The Hall–Kier alpha value is -3.09. The van der Waals surface area contributed by atoms with Gasteiger partial charge in [0.2, 0.25) is 0 Å². The molecule has 0 aromatic heterocycles. The normalized spacial score (nSPS) is 16.8. The Morgan fingerprint density at radius 3 is 2.38 bits per heavy atom. The van der Waals surface area contributed by atoms with E-state index in [0.29, 0.717) is 18.7 Å². The molecule has 4 rings (SSSR count). The van der Waals surface area contributed by atoms with Crippen LogP contribution in [0.2, 0.25) is 0 Å². The van der Waals surface area contributed by atoms with Crippen LogP contribution in [0.3, 0.4) is 0 Å². The van der Waals surface area contributed by atoms with Crippen molar-refractivity contribution >= 4 is 40.5 Å². The molecule has 37 heavy (non-hydrogen) atoms. The van der Waals surface area contributed by atoms with E-state index in [1.165, 1.54) is 69.0 Å². The number of ether oxygens (including phenoxy) is 1. The molecule has 2 aliphatic heterocycles. The van der Waals surface area contributed by atoms with Gasteiger partial charge in [0, 0.05) is 25.8 Å². The molecule has 0 atom stereocenters. The summed E-state index contributed by atoms with van der Waals surface area (Å²) in [5.41, 5.74) is 2.77. The minimum Gasteiger partial charge on any atom is -0.383 e. The first-order chi connectivity index (χ1) is 17.3. The molecule has 0 unspecified atom stereocenters. The molecule has 200 valence electrons. The first-order valence-corrected chi connectivity index (χ1v) is 11.7. The summed E-state index contributed by atoms with van der Waals surface area (Å²) < 4.78 is 60.8. The number of alkyl halides is 3. The van der Waals surface area contributed by atoms with Gasteiger partial charge in [-0.25, -0.2) is 4.39 Å². The number of hydrogen-bond acceptors (Lipinski definition) is 5. The van der Waals surface area contributed by atoms with E-state index in [0.717, 1.165) is 11.0 Å². The van der Waals surface area contributed by atoms with Crippen LogP contribution >= 0.6 is 12.2 Å². The van der Waals surface area contributed by atoms with Crippen LogP contribution in [0.15, 0.2) is 30.3 Å². The third-order valence-corrected chi connectivity index (χ3v) is 6.68. The Morgan fingerprint density at radius 1 is 1.14 bits per heavy atom. The van der Waals surface area contributed by atoms with Crippen LogP contribution in [0.25, 0.3) is 0 Å². The van der Waals surface area contributed by atoms with E-state index in [1.807, 2.05) is 0 Å². The van der Waals surface area contributed by atoms with Crippen molar-refractivity contribution in [1.82, 2.24) is 4.90 Å². The zero-order valence-electron chi connectivity index (χ0n) is 21.1. The van der Waals surface area contributed by atoms with E-state index >= 15 is 4.39 Å². The van der Waals surface area contributed by atoms with Gasteiger partial charge in [-0.1, -0.05) is 6.07 Å². The number of fused-ring (bicyclic) bond motifs is 1. The van der Waals surface area contributed by atoms with Gasteiger partial charge in [0.15, 0.2) is 5.11 Å². The molecular formula is C25H28F4N4O3S. The SMILES string of the molecule is CN.COCCN1Cc2cc(F)c(N3C(=S)N(c4ccc(C)c(C(F)(F)F)c4)C(=O)C3(C)C)cc2C1=O. The lowest BCUT2D eigenvalue weighted by molar-refractivity contribution is -0.138. The summed E-state index contributed by atoms with van der Waals surface area (Å²) in [6.45, 7) is 5.19. The fraction of sp³-hybridized carbons (Fsp3) is 0.400. The fourth-order valence-electron chi connectivity index (χ4n) is 4.42. The molecule has 2 heterocycles. The summed E-state index contributed by atoms with van der Waals surface area (Å²) >= 11 is 5.49. The van der Waals surface area contributed by atoms with Crippen LogP contribution in [0, 0.1) is 12.7 Å². The van der Waals surface area contributed by atoms with Crippen LogP contribution in [0.1, 0.15) is 40.9 Å². The third-order valence-electron chi connectivity index (χ3n) is 6.31. The van der Waals surface area contributed by atoms with Gasteiger partial charge < -0.3 is 20.3 Å². The summed E-state index contributed by atoms with van der Waals surface area (Å²) in [6.07, 6.45) is -4.62. The highest BCUT2D eigenvalue weighted by Crippen LogP contribution is 2.41. The van der Waals surface area contributed by atoms with Crippen molar-refractivity contribution in [3.63, 3.8) is 0 Å². The van der Waals surface area contributed by atoms with Gasteiger partial charge in [0.1, 0.15) is 11.4 Å². The highest BCUT2D eigenvalue weighted by molar-refractivity contribution is 7.81. The highest BCUT2D eigenvalue weighted by Gasteiger charge is 2.51. The zero-order valence-corrected chi connectivity index (χ0v) is 21.9. The molecular weight excluding hydrogens is 512 g/mol. The molecule has 2 aromatic rings. The van der Waals surface area contributed by atoms with Crippen LogP contribution in [-0.4, -0.2) is 54.7 Å². The van der Waals surface area contributed by atoms with Crippen molar-refractivity contribution in [2.75, 3.05) is 37.1 Å². The number of methoxy groups -OCH3 is 1. The van der Waals surface area contributed by atoms with E-state index < -0.39 is 29.0 Å². The Balaban J connectivity index is 0.00000186. The average Bonchev–Trinajstić information content (AvgIpc) is 3.22. The van der Waals surface area contributed by atoms with Crippen LogP contribution in [-0.2, 0) is 22.3 Å². The second-order valence-electron chi connectivity index (χ2n) is 8.99. The molecule has 0 bridgehead atoms. The van der Waals surface area contributed by atoms with Gasteiger partial charge in [-0.2, -0.15) is 13.2 Å². The van der Waals surface area contributed by atoms with Crippen molar-refractivity contribution < 1.29 is 31.9 Å². The summed E-state index contributed by atoms with van der Waals surface area (Å²) in [6, 6.07) is 6.06. The summed E-state index contributed by atoms with van der Waals surface area (Å²) in [7, 11) is 3.01. The van der Waals surface area contributed by atoms with Crippen molar-refractivity contribution in [1.29, 1.82) is 0 Å². The predicted octanol–water partition coefficient (Wildman–Crippen LogP) is 4.25. The summed E-state index contributed by atoms with van der Waals surface area (Å²) in [4.78, 5) is 29.9. The number of amides is 2. The van der Waals surface area contributed by atoms with E-state index in [1.54, 1.807) is 0 Å². The van der Waals surface area contributed by atoms with E-state index in [9.17, 15) is 22.8 Å². The topological polar surface area (TPSA) is 79.1 Å². The number of nitrogens with zero attached hydrogens (tertiary/aromatic N) is 3. The van der Waals surface area contributed by atoms with Crippen molar-refractivity contribution in [3.8, 4) is 0 Å². The first-order valence-electron chi connectivity index (χ1n) is 11.3. The number of thiocarbonyl (C=S) groups is 1. The quantitative estimate of drug-likeness (QED) is 0.452. The van der Waals surface area contributed by atoms with E-state index in [-0.39, 0.29) is 40.1 Å². The molecule has 2 amide bonds. The Morgan fingerprint density at radius 2 is 1.78 bits per heavy atom. The zero-order chi connectivity index (χ0) is 27.9. The fourth-order valence-corrected chi connectivity index (χ4v) is 4.93. The van der Waals surface area contributed by atoms with E-state index in [4.69, 9.17) is 17.0 Å². The second-order valence-corrected chi connectivity index (χ2v) is 9.36. The minimum absolute atomic E-state index is 0.00358. The molecule has 0 saturated carbocycles. The molecule has 1 saturated heterocycles. The average molecular weight is 541 g/mol. The maximum atomic E-state index is 15.3. The molecule has 2 aliphatic rings. The Bertz CT molecular complexity index is 1250. The highest BCUT2D eigenvalue weighted by atomic mass is 32.1. The lowest BCUT2D eigenvalue weighted by Crippen LogP contribution is -2.44. The smallest absolute Gasteiger partial charge is 0.383 e. The maximum Gasteiger partial charge on any atom is 0.416 e. The lowest BCUT2D eigenvalue weighted by Gasteiger charge is -2.30. The van der Waals surface area contributed by atoms with E-state index in [2.05, 4.69) is 5.73 Å². The summed E-state index contributed by atoms with van der Waals surface area (Å²) in [5.74, 6) is -1.62. The van der Waals surface area contributed by atoms with Crippen LogP contribution < -0.4 is 15.5 Å². The molecule has 1 fully saturated rings. The number of halogens is 4. The van der Waals surface area contributed by atoms with Gasteiger partial charge in [-0.05, 0) is 75.4 Å². The molecule has 0 radical (unpaired) electrons. The van der Waals surface area contributed by atoms with Crippen molar-refractivity contribution in [2.24, 2.45) is 5.73 Å². The number of anilines is 2. The number of aryl methyl sites for hydroxylation is 1. The van der Waals surface area contributed by atoms with Gasteiger partial charge in [-0.15, -0.1) is 0 Å². The van der Waals surface area contributed by atoms with Gasteiger partial charge >= 0.3 is 6.18 Å². The number of carbonyl (C=O) groups is 2. The minimum atomic E-state index is -4.62. The predicted molar refractivity (Wildman–Crippen MR) is 136 cm³/mol. The van der Waals surface area contributed by atoms with Crippen LogP contribution in [0.4, 0.5) is 28.9 Å². The second kappa shape index (κ2) is 10.3. The number of rotatable bonds is 5. The third kappa shape index (κ3) is 4.92. The number of benzene rings is 2. The molecule has 0 spiro atoms. The first kappa shape index (κ1) is 28.5. The molecule has 7 nitrogen and oxygen atoms in total.